The summed E-state index contributed by atoms with van der Waals surface area (Å²) < 4.78 is 5.57. The highest BCUT2D eigenvalue weighted by Gasteiger charge is 2.23. The van der Waals surface area contributed by atoms with Crippen LogP contribution in [0.2, 0.25) is 0 Å². The zero-order valence-corrected chi connectivity index (χ0v) is 19.5. The monoisotopic (exact) mass is 429 g/mol. The van der Waals surface area contributed by atoms with E-state index in [0.29, 0.717) is 12.5 Å². The van der Waals surface area contributed by atoms with E-state index < -0.39 is 0 Å². The number of guanidine groups is 1. The molecular formula is C23H35N5OS. The Hall–Kier alpha value is -1.96. The van der Waals surface area contributed by atoms with Gasteiger partial charge in [-0.3, -0.25) is 4.90 Å². The van der Waals surface area contributed by atoms with Gasteiger partial charge in [-0.2, -0.15) is 0 Å². The lowest BCUT2D eigenvalue weighted by atomic mass is 10.0. The number of nitrogens with one attached hydrogen (secondary N) is 2. The lowest BCUT2D eigenvalue weighted by Gasteiger charge is -2.35. The van der Waals surface area contributed by atoms with Gasteiger partial charge >= 0.3 is 0 Å². The Morgan fingerprint density at radius 3 is 2.57 bits per heavy atom. The van der Waals surface area contributed by atoms with Crippen LogP contribution in [0.3, 0.4) is 0 Å². The average molecular weight is 430 g/mol. The van der Waals surface area contributed by atoms with Crippen LogP contribution in [-0.2, 0) is 11.3 Å². The largest absolute Gasteiger partial charge is 0.379 e. The molecule has 3 rings (SSSR count). The summed E-state index contributed by atoms with van der Waals surface area (Å²) in [5.74, 6) is 1.29. The van der Waals surface area contributed by atoms with Crippen molar-refractivity contribution >= 4 is 17.3 Å². The Balaban J connectivity index is 1.68. The molecule has 30 heavy (non-hydrogen) atoms. The van der Waals surface area contributed by atoms with Gasteiger partial charge in [-0.05, 0) is 25.3 Å². The van der Waals surface area contributed by atoms with Crippen LogP contribution in [0, 0.1) is 6.92 Å². The maximum atomic E-state index is 5.57. The fourth-order valence-corrected chi connectivity index (χ4v) is 4.36. The molecule has 1 atom stereocenters. The quantitative estimate of drug-likeness (QED) is 0.495. The molecule has 0 aliphatic carbocycles. The van der Waals surface area contributed by atoms with Crippen LogP contribution < -0.4 is 10.6 Å². The van der Waals surface area contributed by atoms with E-state index in [-0.39, 0.29) is 6.04 Å². The zero-order chi connectivity index (χ0) is 21.3. The molecule has 164 valence electrons. The van der Waals surface area contributed by atoms with E-state index in [4.69, 9.17) is 14.7 Å². The first-order valence-electron chi connectivity index (χ1n) is 10.9. The van der Waals surface area contributed by atoms with Crippen molar-refractivity contribution in [2.75, 3.05) is 39.4 Å². The normalized spacial score (nSPS) is 16.6. The molecule has 1 aromatic carbocycles. The molecule has 0 radical (unpaired) electrons. The minimum atomic E-state index is 0.283. The maximum Gasteiger partial charge on any atom is 0.191 e. The molecule has 1 fully saturated rings. The van der Waals surface area contributed by atoms with E-state index in [1.54, 1.807) is 11.3 Å². The van der Waals surface area contributed by atoms with Gasteiger partial charge in [0.1, 0.15) is 5.01 Å². The number of benzene rings is 1. The van der Waals surface area contributed by atoms with Crippen molar-refractivity contribution in [1.29, 1.82) is 0 Å². The smallest absolute Gasteiger partial charge is 0.191 e. The summed E-state index contributed by atoms with van der Waals surface area (Å²) in [7, 11) is 0. The number of aromatic nitrogens is 1. The topological polar surface area (TPSA) is 61.8 Å². The highest BCUT2D eigenvalue weighted by Crippen LogP contribution is 2.22. The number of aliphatic imine (C=N–C) groups is 1. The summed E-state index contributed by atoms with van der Waals surface area (Å²) in [5.41, 5.74) is 3.76. The molecule has 1 unspecified atom stereocenters. The first-order chi connectivity index (χ1) is 14.6. The number of hydrogen-bond donors (Lipinski definition) is 2. The first-order valence-corrected chi connectivity index (χ1v) is 11.8. The second kappa shape index (κ2) is 11.4. The molecule has 1 aromatic heterocycles. The van der Waals surface area contributed by atoms with E-state index >= 15 is 0 Å². The van der Waals surface area contributed by atoms with Crippen LogP contribution in [0.15, 0.2) is 34.6 Å². The van der Waals surface area contributed by atoms with E-state index in [2.05, 4.69) is 72.9 Å². The van der Waals surface area contributed by atoms with Crippen molar-refractivity contribution in [1.82, 2.24) is 20.5 Å². The molecule has 1 saturated heterocycles. The fourth-order valence-electron chi connectivity index (χ4n) is 3.48. The van der Waals surface area contributed by atoms with Crippen molar-refractivity contribution in [2.24, 2.45) is 4.99 Å². The predicted octanol–water partition coefficient (Wildman–Crippen LogP) is 3.70. The van der Waals surface area contributed by atoms with E-state index in [1.165, 1.54) is 11.1 Å². The van der Waals surface area contributed by atoms with Crippen molar-refractivity contribution in [3.05, 3.63) is 51.5 Å². The van der Waals surface area contributed by atoms with Crippen LogP contribution in [0.25, 0.3) is 0 Å². The Morgan fingerprint density at radius 1 is 1.20 bits per heavy atom. The van der Waals surface area contributed by atoms with Crippen molar-refractivity contribution in [2.45, 2.75) is 46.2 Å². The van der Waals surface area contributed by atoms with Crippen LogP contribution in [0.1, 0.15) is 54.6 Å². The summed E-state index contributed by atoms with van der Waals surface area (Å²) in [6.45, 7) is 14.3. The number of nitrogens with zero attached hydrogens (tertiary/aromatic N) is 3. The summed E-state index contributed by atoms with van der Waals surface area (Å²) in [6, 6.07) is 9.15. The van der Waals surface area contributed by atoms with Gasteiger partial charge in [-0.25, -0.2) is 9.98 Å². The number of morpholine rings is 1. The average Bonchev–Trinajstić information content (AvgIpc) is 3.23. The zero-order valence-electron chi connectivity index (χ0n) is 18.6. The van der Waals surface area contributed by atoms with Gasteiger partial charge in [-0.1, -0.05) is 43.7 Å². The second-order valence-electron chi connectivity index (χ2n) is 7.97. The fraction of sp³-hybridized carbons (Fsp3) is 0.565. The summed E-state index contributed by atoms with van der Waals surface area (Å²) in [6.07, 6.45) is 0. The molecule has 0 amide bonds. The highest BCUT2D eigenvalue weighted by atomic mass is 32.1. The summed E-state index contributed by atoms with van der Waals surface area (Å²) in [5, 5.41) is 10.1. The van der Waals surface area contributed by atoms with Crippen molar-refractivity contribution in [3.8, 4) is 0 Å². The van der Waals surface area contributed by atoms with Crippen molar-refractivity contribution < 1.29 is 4.74 Å². The van der Waals surface area contributed by atoms with Gasteiger partial charge in [0.05, 0.1) is 31.5 Å². The second-order valence-corrected chi connectivity index (χ2v) is 8.91. The highest BCUT2D eigenvalue weighted by molar-refractivity contribution is 7.09. The lowest BCUT2D eigenvalue weighted by Crippen LogP contribution is -2.46. The standard InChI is InChI=1S/C23H35N5OS/c1-5-24-23(26-15-22-27-20(16-30-22)17(2)3)25-14-21(28-10-12-29-13-11-28)19-8-6-18(4)7-9-19/h6-9,16-17,21H,5,10-15H2,1-4H3,(H2,24,25,26). The van der Waals surface area contributed by atoms with E-state index in [1.807, 2.05) is 0 Å². The molecule has 1 aliphatic heterocycles. The van der Waals surface area contributed by atoms with E-state index in [9.17, 15) is 0 Å². The van der Waals surface area contributed by atoms with Gasteiger partial charge in [0, 0.05) is 31.6 Å². The molecule has 2 aromatic rings. The number of aryl methyl sites for hydroxylation is 1. The molecule has 0 saturated carbocycles. The predicted molar refractivity (Wildman–Crippen MR) is 125 cm³/mol. The van der Waals surface area contributed by atoms with Gasteiger partial charge < -0.3 is 15.4 Å². The Morgan fingerprint density at radius 2 is 1.93 bits per heavy atom. The minimum Gasteiger partial charge on any atom is -0.379 e. The molecular weight excluding hydrogens is 394 g/mol. The lowest BCUT2D eigenvalue weighted by molar-refractivity contribution is 0.0170. The first kappa shape index (κ1) is 22.7. The van der Waals surface area contributed by atoms with Crippen LogP contribution in [-0.4, -0.2) is 55.2 Å². The van der Waals surface area contributed by atoms with Gasteiger partial charge in [-0.15, -0.1) is 11.3 Å². The molecule has 0 bridgehead atoms. The Bertz CT molecular complexity index is 796. The number of hydrogen-bond acceptors (Lipinski definition) is 5. The summed E-state index contributed by atoms with van der Waals surface area (Å²) in [4.78, 5) is 12.0. The summed E-state index contributed by atoms with van der Waals surface area (Å²) >= 11 is 1.69. The molecule has 2 heterocycles. The van der Waals surface area contributed by atoms with Crippen LogP contribution >= 0.6 is 11.3 Å². The molecule has 0 spiro atoms. The Kier molecular flexibility index (Phi) is 8.66. The van der Waals surface area contributed by atoms with Gasteiger partial charge in [0.25, 0.3) is 0 Å². The minimum absolute atomic E-state index is 0.283. The number of rotatable bonds is 8. The van der Waals surface area contributed by atoms with Crippen molar-refractivity contribution in [3.63, 3.8) is 0 Å². The third-order valence-corrected chi connectivity index (χ3v) is 6.14. The van der Waals surface area contributed by atoms with Crippen LogP contribution in [0.5, 0.6) is 0 Å². The van der Waals surface area contributed by atoms with E-state index in [0.717, 1.165) is 56.1 Å². The molecule has 1 aliphatic rings. The number of thiazole rings is 1. The van der Waals surface area contributed by atoms with Gasteiger partial charge in [0.15, 0.2) is 5.96 Å². The number of ether oxygens (including phenoxy) is 1. The van der Waals surface area contributed by atoms with Crippen LogP contribution in [0.4, 0.5) is 0 Å². The third-order valence-electron chi connectivity index (χ3n) is 5.29. The SMILES string of the molecule is CCNC(=NCc1nc(C(C)C)cs1)NCC(c1ccc(C)cc1)N1CCOCC1. The molecule has 7 heteroatoms. The molecule has 2 N–H and O–H groups in total. The molecule has 6 nitrogen and oxygen atoms in total. The van der Waals surface area contributed by atoms with Gasteiger partial charge in [0.2, 0.25) is 0 Å². The third kappa shape index (κ3) is 6.52. The Labute approximate surface area is 184 Å². The maximum absolute atomic E-state index is 5.57.